The molecule has 0 aromatic carbocycles. The highest BCUT2D eigenvalue weighted by Crippen LogP contribution is 2.66. The molecule has 0 bridgehead atoms. The standard InChI is InChI=1S/2C37H56N6O6/c2*1-7-13-24(29(44)34(48)39-22-17-18-22)40-33(47)28-26-23(37(26,5)6)20-43(28)35(49)30(36(2,3)4)42-32(46)27(21-14-9-8-10-15-21)41-31(45)25-16-11-12-19-38-25/h2*11-12,16,19,21-24,26-30,44H,7-10,13-15,17-18,20H2,1-6H3,(H,39,48)(H,40,47)(H,41,45)(H,42,46)/t2*23-,24-,26-,27-,28-,29?,30+/m00/s1. The van der Waals surface area contributed by atoms with Crippen molar-refractivity contribution in [2.24, 2.45) is 57.2 Å². The maximum Gasteiger partial charge on any atom is 0.270 e. The third kappa shape index (κ3) is 17.7. The van der Waals surface area contributed by atoms with Crippen molar-refractivity contribution < 1.29 is 58.2 Å². The fourth-order valence-electron chi connectivity index (χ4n) is 16.0. The average Bonchev–Trinajstić information content (AvgIpc) is 1.53. The maximum atomic E-state index is 14.6. The molecule has 0 radical (unpaired) electrons. The highest BCUT2D eigenvalue weighted by molar-refractivity contribution is 6.00. The summed E-state index contributed by atoms with van der Waals surface area (Å²) in [5.74, 6) is -4.43. The van der Waals surface area contributed by atoms with Gasteiger partial charge in [0, 0.05) is 37.6 Å². The molecule has 24 heteroatoms. The molecule has 8 aliphatic rings. The number of aromatic nitrogens is 2. The van der Waals surface area contributed by atoms with E-state index in [0.29, 0.717) is 38.8 Å². The molecule has 98 heavy (non-hydrogen) atoms. The minimum Gasteiger partial charge on any atom is -0.381 e. The molecule has 10 amide bonds. The van der Waals surface area contributed by atoms with Crippen LogP contribution >= 0.6 is 0 Å². The second-order valence-corrected chi connectivity index (χ2v) is 32.8. The zero-order valence-electron chi connectivity index (χ0n) is 59.9. The quantitative estimate of drug-likeness (QED) is 0.0564. The zero-order valence-corrected chi connectivity index (χ0v) is 59.9. The molecular weight excluding hydrogens is 1250 g/mol. The number of aliphatic hydroxyl groups is 2. The van der Waals surface area contributed by atoms with Crippen molar-refractivity contribution >= 4 is 59.1 Å². The van der Waals surface area contributed by atoms with E-state index < -0.39 is 119 Å². The third-order valence-corrected chi connectivity index (χ3v) is 22.5. The number of likely N-dealkylation sites (tertiary alicyclic amines) is 2. The van der Waals surface area contributed by atoms with E-state index in [1.54, 1.807) is 46.2 Å². The number of piperidine rings is 2. The molecule has 2 saturated heterocycles. The van der Waals surface area contributed by atoms with Gasteiger partial charge in [-0.3, -0.25) is 57.9 Å². The van der Waals surface area contributed by atoms with Gasteiger partial charge in [0.15, 0.2) is 12.2 Å². The Labute approximate surface area is 578 Å². The van der Waals surface area contributed by atoms with Crippen LogP contribution in [0, 0.1) is 57.2 Å². The van der Waals surface area contributed by atoms with Gasteiger partial charge < -0.3 is 62.5 Å². The Morgan fingerprint density at radius 2 is 0.837 bits per heavy atom. The van der Waals surface area contributed by atoms with Gasteiger partial charge in [-0.25, -0.2) is 0 Å². The van der Waals surface area contributed by atoms with Crippen molar-refractivity contribution in [3.63, 3.8) is 0 Å². The molecule has 2 aromatic rings. The summed E-state index contributed by atoms with van der Waals surface area (Å²) in [7, 11) is 0. The van der Waals surface area contributed by atoms with E-state index >= 15 is 0 Å². The molecule has 2 aromatic heterocycles. The number of aliphatic hydroxyl groups excluding tert-OH is 2. The van der Waals surface area contributed by atoms with Crippen molar-refractivity contribution in [3.8, 4) is 0 Å². The molecule has 0 spiro atoms. The molecule has 10 N–H and O–H groups in total. The first-order chi connectivity index (χ1) is 46.3. The lowest BCUT2D eigenvalue weighted by Crippen LogP contribution is -2.63. The summed E-state index contributed by atoms with van der Waals surface area (Å²) in [5, 5.41) is 45.3. The Morgan fingerprint density at radius 1 is 0.490 bits per heavy atom. The van der Waals surface area contributed by atoms with Gasteiger partial charge in [-0.1, -0.05) is 147 Å². The average molecular weight is 1360 g/mol. The van der Waals surface area contributed by atoms with E-state index in [2.05, 4.69) is 80.2 Å². The number of nitrogens with zero attached hydrogens (tertiary/aromatic N) is 4. The molecule has 4 heterocycles. The summed E-state index contributed by atoms with van der Waals surface area (Å²) in [6, 6.07) is 3.33. The predicted molar refractivity (Wildman–Crippen MR) is 367 cm³/mol. The lowest BCUT2D eigenvalue weighted by atomic mass is 9.82. The van der Waals surface area contributed by atoms with E-state index in [1.807, 2.05) is 55.4 Å². The molecule has 8 fully saturated rings. The van der Waals surface area contributed by atoms with Crippen molar-refractivity contribution in [2.45, 2.75) is 271 Å². The van der Waals surface area contributed by atoms with Crippen LogP contribution in [0.15, 0.2) is 48.8 Å². The van der Waals surface area contributed by atoms with Gasteiger partial charge in [0.1, 0.15) is 47.6 Å². The molecule has 6 saturated carbocycles. The Balaban J connectivity index is 0.000000229. The zero-order chi connectivity index (χ0) is 71.3. The number of hydrogen-bond acceptors (Lipinski definition) is 14. The predicted octanol–water partition coefficient (Wildman–Crippen LogP) is 5.40. The summed E-state index contributed by atoms with van der Waals surface area (Å²) in [6.07, 6.45) is 14.9. The minimum atomic E-state index is -1.40. The smallest absolute Gasteiger partial charge is 0.270 e. The fraction of sp³-hybridized carbons (Fsp3) is 0.730. The van der Waals surface area contributed by atoms with Crippen LogP contribution in [0.1, 0.15) is 220 Å². The van der Waals surface area contributed by atoms with E-state index in [-0.39, 0.29) is 81.6 Å². The van der Waals surface area contributed by atoms with Gasteiger partial charge in [-0.2, -0.15) is 0 Å². The third-order valence-electron chi connectivity index (χ3n) is 22.5. The van der Waals surface area contributed by atoms with Gasteiger partial charge in [-0.05, 0) is 146 Å². The molecular formula is C74H112N12O12. The maximum absolute atomic E-state index is 14.6. The number of carbonyl (C=O) groups is 10. The lowest BCUT2D eigenvalue weighted by molar-refractivity contribution is -0.146. The molecule has 14 atom stereocenters. The monoisotopic (exact) mass is 1360 g/mol. The topological polar surface area (TPSA) is 340 Å². The van der Waals surface area contributed by atoms with E-state index in [4.69, 9.17) is 0 Å². The lowest BCUT2D eigenvalue weighted by Gasteiger charge is -2.39. The number of rotatable bonds is 26. The Kier molecular flexibility index (Phi) is 23.9. The van der Waals surface area contributed by atoms with Gasteiger partial charge in [0.25, 0.3) is 23.6 Å². The van der Waals surface area contributed by atoms with E-state index in [1.165, 1.54) is 12.4 Å². The molecule has 540 valence electrons. The summed E-state index contributed by atoms with van der Waals surface area (Å²) in [5.41, 5.74) is -1.35. The Morgan fingerprint density at radius 3 is 1.13 bits per heavy atom. The molecule has 24 nitrogen and oxygen atoms in total. The van der Waals surface area contributed by atoms with Gasteiger partial charge in [0.05, 0.1) is 12.1 Å². The van der Waals surface area contributed by atoms with Crippen LogP contribution in [-0.2, 0) is 38.4 Å². The van der Waals surface area contributed by atoms with Gasteiger partial charge in [0.2, 0.25) is 35.4 Å². The summed E-state index contributed by atoms with van der Waals surface area (Å²) >= 11 is 0. The van der Waals surface area contributed by atoms with Gasteiger partial charge in [-0.15, -0.1) is 0 Å². The first kappa shape index (κ1) is 75.1. The SMILES string of the molecule is CCC[C@H](NC(=O)[C@@H]1[C@@H]2[C@H](CN1C(=O)[C@@H](NC(=O)[C@@H](NC(=O)c1ccccn1)C1CCCCC1)C(C)(C)C)C2(C)C)C(O)C(=O)NC1CC1.CCC[C@H](NC(=O)[C@@H]1[C@@H]2[C@H](CN1C(=O)[C@@H](NC(=O)[C@@H](NC(=O)c1ccccn1)C1CCCCC1)C(C)(C)C)C2(C)C)C(O)C(=O)NC1CC1. The largest absolute Gasteiger partial charge is 0.381 e. The molecule has 2 unspecified atom stereocenters. The number of fused-ring (bicyclic) bond motifs is 2. The van der Waals surface area contributed by atoms with Crippen LogP contribution < -0.4 is 42.5 Å². The van der Waals surface area contributed by atoms with Crippen molar-refractivity contribution in [1.29, 1.82) is 0 Å². The first-order valence-corrected chi connectivity index (χ1v) is 36.5. The normalized spacial score (nSPS) is 25.6. The highest BCUT2D eigenvalue weighted by Gasteiger charge is 2.71. The summed E-state index contributed by atoms with van der Waals surface area (Å²) < 4.78 is 0. The van der Waals surface area contributed by atoms with Crippen LogP contribution in [0.2, 0.25) is 0 Å². The van der Waals surface area contributed by atoms with Crippen LogP contribution in [0.25, 0.3) is 0 Å². The van der Waals surface area contributed by atoms with Crippen LogP contribution in [0.4, 0.5) is 0 Å². The summed E-state index contributed by atoms with van der Waals surface area (Å²) in [4.78, 5) is 149. The first-order valence-electron chi connectivity index (χ1n) is 36.5. The number of amides is 10. The molecule has 2 aliphatic heterocycles. The van der Waals surface area contributed by atoms with Crippen LogP contribution in [0.5, 0.6) is 0 Å². The second-order valence-electron chi connectivity index (χ2n) is 32.8. The second kappa shape index (κ2) is 31.2. The van der Waals surface area contributed by atoms with Crippen molar-refractivity contribution in [3.05, 3.63) is 60.2 Å². The van der Waals surface area contributed by atoms with Crippen LogP contribution in [-0.4, -0.2) is 175 Å². The Hall–Kier alpha value is -7.08. The number of pyridine rings is 2. The summed E-state index contributed by atoms with van der Waals surface area (Å²) in [6.45, 7) is 24.2. The van der Waals surface area contributed by atoms with Crippen LogP contribution in [0.3, 0.4) is 0 Å². The molecule has 10 rings (SSSR count). The molecule has 6 aliphatic carbocycles. The number of carbonyl (C=O) groups excluding carboxylic acids is 10. The van der Waals surface area contributed by atoms with Crippen molar-refractivity contribution in [2.75, 3.05) is 13.1 Å². The number of nitrogens with one attached hydrogen (secondary N) is 8. The van der Waals surface area contributed by atoms with Gasteiger partial charge >= 0.3 is 0 Å². The fourth-order valence-corrected chi connectivity index (χ4v) is 16.0. The number of hydrogen-bond donors (Lipinski definition) is 10. The van der Waals surface area contributed by atoms with E-state index in [9.17, 15) is 58.2 Å². The van der Waals surface area contributed by atoms with Crippen molar-refractivity contribution in [1.82, 2.24) is 62.3 Å². The minimum absolute atomic E-state index is 0.0710. The Bertz CT molecular complexity index is 2980. The van der Waals surface area contributed by atoms with E-state index in [0.717, 1.165) is 89.9 Å². The highest BCUT2D eigenvalue weighted by atomic mass is 16.3.